The number of halogens is 3. The molecule has 32 heavy (non-hydrogen) atoms. The minimum absolute atomic E-state index is 0.0505. The largest absolute Gasteiger partial charge is 0.573 e. The standard InChI is InChI=1S/C20H17F3N2O4S3/c21-20(22,23)29-14-4-1-6-16(12-14)32(27,28)11-10-31-19-17(7-2-8-24-19)18(26)25-13-15-5-3-9-30-15/h1-9,12H,10-11,13H2,(H,25,26). The third kappa shape index (κ3) is 6.97. The number of aromatic nitrogens is 1. The van der Waals surface area contributed by atoms with E-state index in [4.69, 9.17) is 0 Å². The molecule has 2 aromatic heterocycles. The van der Waals surface area contributed by atoms with Crippen LogP contribution in [0.2, 0.25) is 0 Å². The highest BCUT2D eigenvalue weighted by atomic mass is 32.2. The van der Waals surface area contributed by atoms with Gasteiger partial charge >= 0.3 is 6.36 Å². The Balaban J connectivity index is 1.62. The van der Waals surface area contributed by atoms with E-state index in [2.05, 4.69) is 15.0 Å². The van der Waals surface area contributed by atoms with Crippen molar-refractivity contribution in [1.82, 2.24) is 10.3 Å². The molecule has 0 aliphatic rings. The molecule has 0 spiro atoms. The van der Waals surface area contributed by atoms with E-state index in [1.54, 1.807) is 12.1 Å². The van der Waals surface area contributed by atoms with Crippen molar-refractivity contribution in [3.8, 4) is 5.75 Å². The molecule has 3 aromatic rings. The molecule has 0 atom stereocenters. The van der Waals surface area contributed by atoms with Crippen LogP contribution in [0.3, 0.4) is 0 Å². The molecule has 1 N–H and O–H groups in total. The first-order valence-electron chi connectivity index (χ1n) is 9.11. The van der Waals surface area contributed by atoms with Crippen LogP contribution in [0, 0.1) is 0 Å². The molecule has 0 bridgehead atoms. The Morgan fingerprint density at radius 2 is 1.97 bits per heavy atom. The number of carbonyl (C=O) groups is 1. The molecule has 12 heteroatoms. The minimum Gasteiger partial charge on any atom is -0.406 e. The van der Waals surface area contributed by atoms with Gasteiger partial charge in [0.2, 0.25) is 0 Å². The first kappa shape index (κ1) is 24.1. The van der Waals surface area contributed by atoms with Crippen LogP contribution in [0.15, 0.2) is 70.0 Å². The lowest BCUT2D eigenvalue weighted by Crippen LogP contribution is -2.23. The zero-order chi connectivity index (χ0) is 23.2. The molecular formula is C20H17F3N2O4S3. The van der Waals surface area contributed by atoms with E-state index in [1.165, 1.54) is 29.7 Å². The molecule has 1 aromatic carbocycles. The lowest BCUT2D eigenvalue weighted by atomic mass is 10.2. The smallest absolute Gasteiger partial charge is 0.406 e. The van der Waals surface area contributed by atoms with E-state index >= 15 is 0 Å². The Kier molecular flexibility index (Phi) is 7.80. The maximum atomic E-state index is 12.5. The quantitative estimate of drug-likeness (QED) is 0.433. The number of nitrogens with one attached hydrogen (secondary N) is 1. The summed E-state index contributed by atoms with van der Waals surface area (Å²) < 4.78 is 66.0. The second-order valence-electron chi connectivity index (χ2n) is 6.31. The van der Waals surface area contributed by atoms with Crippen LogP contribution in [-0.2, 0) is 16.4 Å². The molecule has 0 saturated heterocycles. The Bertz CT molecular complexity index is 1170. The summed E-state index contributed by atoms with van der Waals surface area (Å²) in [5.41, 5.74) is 0.312. The van der Waals surface area contributed by atoms with E-state index in [0.717, 1.165) is 28.8 Å². The van der Waals surface area contributed by atoms with Gasteiger partial charge in [0.25, 0.3) is 5.91 Å². The fourth-order valence-corrected chi connectivity index (χ4v) is 5.90. The van der Waals surface area contributed by atoms with Crippen LogP contribution in [-0.4, -0.2) is 37.2 Å². The Hall–Kier alpha value is -2.57. The number of alkyl halides is 3. The zero-order valence-corrected chi connectivity index (χ0v) is 18.8. The normalized spacial score (nSPS) is 11.8. The average molecular weight is 503 g/mol. The molecule has 3 rings (SSSR count). The van der Waals surface area contributed by atoms with Gasteiger partial charge in [-0.05, 0) is 41.8 Å². The van der Waals surface area contributed by atoms with Crippen molar-refractivity contribution >= 4 is 38.8 Å². The third-order valence-corrected chi connectivity index (χ3v) is 7.86. The monoisotopic (exact) mass is 502 g/mol. The van der Waals surface area contributed by atoms with E-state index < -0.39 is 21.9 Å². The third-order valence-electron chi connectivity index (χ3n) is 4.01. The first-order chi connectivity index (χ1) is 15.1. The van der Waals surface area contributed by atoms with Gasteiger partial charge in [0.15, 0.2) is 9.84 Å². The van der Waals surface area contributed by atoms with E-state index in [1.807, 2.05) is 17.5 Å². The topological polar surface area (TPSA) is 85.4 Å². The van der Waals surface area contributed by atoms with Crippen LogP contribution in [0.4, 0.5) is 13.2 Å². The summed E-state index contributed by atoms with van der Waals surface area (Å²) in [7, 11) is -3.88. The molecule has 0 fully saturated rings. The van der Waals surface area contributed by atoms with E-state index in [0.29, 0.717) is 17.1 Å². The van der Waals surface area contributed by atoms with Crippen LogP contribution >= 0.6 is 23.1 Å². The number of hydrogen-bond acceptors (Lipinski definition) is 7. The molecule has 0 radical (unpaired) electrons. The predicted octanol–water partition coefficient (Wildman–Crippen LogP) is 4.54. The summed E-state index contributed by atoms with van der Waals surface area (Å²) in [6, 6.07) is 11.2. The number of thioether (sulfide) groups is 1. The number of hydrogen-bond donors (Lipinski definition) is 1. The van der Waals surface area contributed by atoms with E-state index in [-0.39, 0.29) is 22.3 Å². The second-order valence-corrected chi connectivity index (χ2v) is 10.5. The number of rotatable bonds is 9. The molecule has 6 nitrogen and oxygen atoms in total. The highest BCUT2D eigenvalue weighted by Gasteiger charge is 2.31. The Morgan fingerprint density at radius 3 is 2.69 bits per heavy atom. The number of pyridine rings is 1. The van der Waals surface area contributed by atoms with Crippen molar-refractivity contribution in [3.05, 3.63) is 70.5 Å². The van der Waals surface area contributed by atoms with Crippen LogP contribution in [0.1, 0.15) is 15.2 Å². The second kappa shape index (κ2) is 10.4. The summed E-state index contributed by atoms with van der Waals surface area (Å²) in [6.07, 6.45) is -3.43. The maximum absolute atomic E-state index is 12.5. The van der Waals surface area contributed by atoms with E-state index in [9.17, 15) is 26.4 Å². The van der Waals surface area contributed by atoms with Crippen LogP contribution < -0.4 is 10.1 Å². The lowest BCUT2D eigenvalue weighted by molar-refractivity contribution is -0.274. The molecule has 0 saturated carbocycles. The summed E-state index contributed by atoms with van der Waals surface area (Å²) in [6.45, 7) is 0.361. The summed E-state index contributed by atoms with van der Waals surface area (Å²) in [5.74, 6) is -1.26. The van der Waals surface area contributed by atoms with Crippen molar-refractivity contribution in [1.29, 1.82) is 0 Å². The number of ether oxygens (including phenoxy) is 1. The highest BCUT2D eigenvalue weighted by Crippen LogP contribution is 2.26. The molecule has 0 unspecified atom stereocenters. The van der Waals surface area contributed by atoms with Gasteiger partial charge in [-0.15, -0.1) is 36.3 Å². The van der Waals surface area contributed by atoms with Crippen LogP contribution in [0.5, 0.6) is 5.75 Å². The predicted molar refractivity (Wildman–Crippen MR) is 116 cm³/mol. The van der Waals surface area contributed by atoms with Gasteiger partial charge in [-0.2, -0.15) is 0 Å². The maximum Gasteiger partial charge on any atom is 0.573 e. The number of amides is 1. The Labute approximate surface area is 190 Å². The summed E-state index contributed by atoms with van der Waals surface area (Å²) in [5, 5.41) is 5.06. The van der Waals surface area contributed by atoms with Crippen molar-refractivity contribution in [2.75, 3.05) is 11.5 Å². The average Bonchev–Trinajstić information content (AvgIpc) is 3.25. The molecule has 1 amide bonds. The summed E-state index contributed by atoms with van der Waals surface area (Å²) in [4.78, 5) is 17.4. The number of carbonyl (C=O) groups excluding carboxylic acids is 1. The molecule has 0 aliphatic heterocycles. The van der Waals surface area contributed by atoms with Gasteiger partial charge in [0.1, 0.15) is 10.8 Å². The Morgan fingerprint density at radius 1 is 1.16 bits per heavy atom. The lowest BCUT2D eigenvalue weighted by Gasteiger charge is -2.11. The molecule has 170 valence electrons. The number of thiophene rings is 1. The van der Waals surface area contributed by atoms with Crippen molar-refractivity contribution in [2.24, 2.45) is 0 Å². The van der Waals surface area contributed by atoms with Gasteiger partial charge in [0, 0.05) is 16.8 Å². The first-order valence-corrected chi connectivity index (χ1v) is 12.6. The fraction of sp³-hybridized carbons (Fsp3) is 0.200. The minimum atomic E-state index is -4.92. The zero-order valence-electron chi connectivity index (χ0n) is 16.3. The number of nitrogens with zero attached hydrogens (tertiary/aromatic N) is 1. The SMILES string of the molecule is O=C(NCc1cccs1)c1cccnc1SCCS(=O)(=O)c1cccc(OC(F)(F)F)c1. The van der Waals surface area contributed by atoms with Crippen molar-refractivity contribution in [2.45, 2.75) is 22.8 Å². The molecule has 2 heterocycles. The van der Waals surface area contributed by atoms with Gasteiger partial charge in [-0.25, -0.2) is 13.4 Å². The highest BCUT2D eigenvalue weighted by molar-refractivity contribution is 8.00. The number of benzene rings is 1. The van der Waals surface area contributed by atoms with Crippen LogP contribution in [0.25, 0.3) is 0 Å². The molecule has 0 aliphatic carbocycles. The van der Waals surface area contributed by atoms with Gasteiger partial charge < -0.3 is 10.1 Å². The van der Waals surface area contributed by atoms with Crippen molar-refractivity contribution in [3.63, 3.8) is 0 Å². The van der Waals surface area contributed by atoms with Crippen molar-refractivity contribution < 1.29 is 31.1 Å². The van der Waals surface area contributed by atoms with Gasteiger partial charge in [-0.3, -0.25) is 4.79 Å². The molecular weight excluding hydrogens is 485 g/mol. The fourth-order valence-electron chi connectivity index (χ4n) is 2.59. The number of sulfone groups is 1. The summed E-state index contributed by atoms with van der Waals surface area (Å²) >= 11 is 2.58. The van der Waals surface area contributed by atoms with Gasteiger partial charge in [0.05, 0.1) is 22.8 Å². The van der Waals surface area contributed by atoms with Gasteiger partial charge in [-0.1, -0.05) is 12.1 Å².